The van der Waals surface area contributed by atoms with E-state index < -0.39 is 0 Å². The van der Waals surface area contributed by atoms with E-state index in [1.54, 1.807) is 0 Å². The SMILES string of the molecule is CC[C@@H](C[C@H](C)N(C)C1CCCCC1)c1ccc(C)cc1. The number of hydrogen-bond donors (Lipinski definition) is 0. The van der Waals surface area contributed by atoms with Crippen molar-refractivity contribution in [2.24, 2.45) is 0 Å². The summed E-state index contributed by atoms with van der Waals surface area (Å²) in [5.41, 5.74) is 2.88. The molecule has 0 N–H and O–H groups in total. The largest absolute Gasteiger partial charge is 0.301 e. The van der Waals surface area contributed by atoms with Crippen molar-refractivity contribution in [2.75, 3.05) is 7.05 Å². The standard InChI is InChI=1S/C20H33N/c1-5-18(19-13-11-16(2)12-14-19)15-17(3)21(4)20-9-7-6-8-10-20/h11-14,17-18,20H,5-10,15H2,1-4H3/t17-,18-/m0/s1. The quantitative estimate of drug-likeness (QED) is 0.664. The zero-order chi connectivity index (χ0) is 15.2. The smallest absolute Gasteiger partial charge is 0.00950 e. The van der Waals surface area contributed by atoms with Gasteiger partial charge in [-0.05, 0) is 58.1 Å². The molecule has 1 aromatic carbocycles. The molecule has 0 radical (unpaired) electrons. The molecule has 0 amide bonds. The highest BCUT2D eigenvalue weighted by atomic mass is 15.2. The first kappa shape index (κ1) is 16.5. The van der Waals surface area contributed by atoms with Gasteiger partial charge in [0.2, 0.25) is 0 Å². The minimum absolute atomic E-state index is 0.680. The van der Waals surface area contributed by atoms with Crippen LogP contribution in [0.5, 0.6) is 0 Å². The van der Waals surface area contributed by atoms with Crippen LogP contribution in [-0.4, -0.2) is 24.0 Å². The maximum atomic E-state index is 2.66. The highest BCUT2D eigenvalue weighted by Crippen LogP contribution is 2.29. The van der Waals surface area contributed by atoms with E-state index in [1.807, 2.05) is 0 Å². The number of rotatable bonds is 6. The summed E-state index contributed by atoms with van der Waals surface area (Å²) in [5.74, 6) is 0.701. The fourth-order valence-corrected chi connectivity index (χ4v) is 3.80. The average Bonchev–Trinajstić information content (AvgIpc) is 2.53. The molecule has 1 fully saturated rings. The van der Waals surface area contributed by atoms with Crippen molar-refractivity contribution >= 4 is 0 Å². The van der Waals surface area contributed by atoms with E-state index in [1.165, 1.54) is 56.1 Å². The van der Waals surface area contributed by atoms with Crippen molar-refractivity contribution in [3.63, 3.8) is 0 Å². The van der Waals surface area contributed by atoms with Gasteiger partial charge in [-0.1, -0.05) is 56.0 Å². The molecule has 1 saturated carbocycles. The van der Waals surface area contributed by atoms with Crippen molar-refractivity contribution in [3.05, 3.63) is 35.4 Å². The maximum Gasteiger partial charge on any atom is 0.00950 e. The number of aryl methyl sites for hydroxylation is 1. The fraction of sp³-hybridized carbons (Fsp3) is 0.700. The first-order chi connectivity index (χ1) is 10.1. The lowest BCUT2D eigenvalue weighted by molar-refractivity contribution is 0.135. The summed E-state index contributed by atoms with van der Waals surface area (Å²) in [6.45, 7) is 6.92. The minimum atomic E-state index is 0.680. The van der Waals surface area contributed by atoms with Crippen molar-refractivity contribution in [3.8, 4) is 0 Å². The Morgan fingerprint density at radius 2 is 1.71 bits per heavy atom. The third kappa shape index (κ3) is 4.57. The van der Waals surface area contributed by atoms with Gasteiger partial charge < -0.3 is 4.90 Å². The fourth-order valence-electron chi connectivity index (χ4n) is 3.80. The molecule has 118 valence electrons. The van der Waals surface area contributed by atoms with Gasteiger partial charge in [-0.3, -0.25) is 0 Å². The van der Waals surface area contributed by atoms with Crippen LogP contribution in [0.1, 0.15) is 75.8 Å². The van der Waals surface area contributed by atoms with Crippen LogP contribution in [0.3, 0.4) is 0 Å². The number of hydrogen-bond acceptors (Lipinski definition) is 1. The highest BCUT2D eigenvalue weighted by Gasteiger charge is 2.24. The van der Waals surface area contributed by atoms with Crippen molar-refractivity contribution in [2.45, 2.75) is 83.7 Å². The van der Waals surface area contributed by atoms with Crippen molar-refractivity contribution < 1.29 is 0 Å². The first-order valence-corrected chi connectivity index (χ1v) is 8.90. The van der Waals surface area contributed by atoms with Crippen molar-refractivity contribution in [1.82, 2.24) is 4.90 Å². The van der Waals surface area contributed by atoms with Gasteiger partial charge in [0.15, 0.2) is 0 Å². The molecule has 0 aliphatic heterocycles. The van der Waals surface area contributed by atoms with Gasteiger partial charge >= 0.3 is 0 Å². The molecule has 0 heterocycles. The Kier molecular flexibility index (Phi) is 6.29. The monoisotopic (exact) mass is 287 g/mol. The van der Waals surface area contributed by atoms with Gasteiger partial charge in [-0.25, -0.2) is 0 Å². The Morgan fingerprint density at radius 3 is 2.29 bits per heavy atom. The van der Waals surface area contributed by atoms with Crippen LogP contribution in [0.25, 0.3) is 0 Å². The summed E-state index contributed by atoms with van der Waals surface area (Å²) in [6.07, 6.45) is 9.64. The number of benzene rings is 1. The zero-order valence-electron chi connectivity index (χ0n) is 14.4. The van der Waals surface area contributed by atoms with Crippen LogP contribution in [0, 0.1) is 6.92 Å². The molecule has 1 aliphatic rings. The molecule has 0 unspecified atom stereocenters. The van der Waals surface area contributed by atoms with Crippen molar-refractivity contribution in [1.29, 1.82) is 0 Å². The summed E-state index contributed by atoms with van der Waals surface area (Å²) in [5, 5.41) is 0. The Labute approximate surface area is 131 Å². The Morgan fingerprint density at radius 1 is 1.10 bits per heavy atom. The van der Waals surface area contributed by atoms with Gasteiger partial charge in [0, 0.05) is 12.1 Å². The van der Waals surface area contributed by atoms with Gasteiger partial charge in [0.05, 0.1) is 0 Å². The lowest BCUT2D eigenvalue weighted by atomic mass is 9.88. The minimum Gasteiger partial charge on any atom is -0.301 e. The lowest BCUT2D eigenvalue weighted by Gasteiger charge is -2.37. The molecule has 0 saturated heterocycles. The van der Waals surface area contributed by atoms with E-state index in [0.717, 1.165) is 6.04 Å². The molecule has 1 aliphatic carbocycles. The zero-order valence-corrected chi connectivity index (χ0v) is 14.4. The molecular weight excluding hydrogens is 254 g/mol. The lowest BCUT2D eigenvalue weighted by Crippen LogP contribution is -2.40. The summed E-state index contributed by atoms with van der Waals surface area (Å²) >= 11 is 0. The molecule has 0 spiro atoms. The van der Waals surface area contributed by atoms with E-state index in [4.69, 9.17) is 0 Å². The summed E-state index contributed by atoms with van der Waals surface area (Å²) in [4.78, 5) is 2.66. The Hall–Kier alpha value is -0.820. The molecule has 21 heavy (non-hydrogen) atoms. The van der Waals surface area contributed by atoms with Gasteiger partial charge in [-0.15, -0.1) is 0 Å². The molecule has 1 heteroatoms. The average molecular weight is 287 g/mol. The molecular formula is C20H33N. The normalized spacial score (nSPS) is 19.7. The van der Waals surface area contributed by atoms with Crippen LogP contribution < -0.4 is 0 Å². The predicted molar refractivity (Wildman–Crippen MR) is 92.9 cm³/mol. The second kappa shape index (κ2) is 7.98. The summed E-state index contributed by atoms with van der Waals surface area (Å²) in [7, 11) is 2.35. The van der Waals surface area contributed by atoms with Crippen LogP contribution in [0.2, 0.25) is 0 Å². The molecule has 1 nitrogen and oxygen atoms in total. The Bertz CT molecular complexity index is 402. The highest BCUT2D eigenvalue weighted by molar-refractivity contribution is 5.24. The first-order valence-electron chi connectivity index (χ1n) is 8.90. The number of nitrogens with zero attached hydrogens (tertiary/aromatic N) is 1. The van der Waals surface area contributed by atoms with Gasteiger partial charge in [-0.2, -0.15) is 0 Å². The van der Waals surface area contributed by atoms with E-state index in [-0.39, 0.29) is 0 Å². The second-order valence-corrected chi connectivity index (χ2v) is 7.06. The molecule has 0 aromatic heterocycles. The maximum absolute atomic E-state index is 2.66. The van der Waals surface area contributed by atoms with Crippen LogP contribution in [-0.2, 0) is 0 Å². The summed E-state index contributed by atoms with van der Waals surface area (Å²) in [6, 6.07) is 10.7. The van der Waals surface area contributed by atoms with E-state index in [2.05, 4.69) is 57.0 Å². The topological polar surface area (TPSA) is 3.24 Å². The Balaban J connectivity index is 1.95. The van der Waals surface area contributed by atoms with Gasteiger partial charge in [0.25, 0.3) is 0 Å². The van der Waals surface area contributed by atoms with Crippen LogP contribution >= 0.6 is 0 Å². The van der Waals surface area contributed by atoms with E-state index >= 15 is 0 Å². The molecule has 0 bridgehead atoms. The molecule has 1 aromatic rings. The second-order valence-electron chi connectivity index (χ2n) is 7.06. The van der Waals surface area contributed by atoms with E-state index in [0.29, 0.717) is 12.0 Å². The van der Waals surface area contributed by atoms with E-state index in [9.17, 15) is 0 Å². The molecule has 2 rings (SSSR count). The van der Waals surface area contributed by atoms with Gasteiger partial charge in [0.1, 0.15) is 0 Å². The predicted octanol–water partition coefficient (Wildman–Crippen LogP) is 5.53. The van der Waals surface area contributed by atoms with Crippen LogP contribution in [0.15, 0.2) is 24.3 Å². The third-order valence-electron chi connectivity index (χ3n) is 5.51. The third-order valence-corrected chi connectivity index (χ3v) is 5.51. The summed E-state index contributed by atoms with van der Waals surface area (Å²) < 4.78 is 0. The van der Waals surface area contributed by atoms with Crippen LogP contribution in [0.4, 0.5) is 0 Å². The molecule has 2 atom stereocenters.